The van der Waals surface area contributed by atoms with E-state index in [1.165, 1.54) is 17.8 Å². The molecule has 2 aliphatic rings. The van der Waals surface area contributed by atoms with Gasteiger partial charge in [0.15, 0.2) is 0 Å². The summed E-state index contributed by atoms with van der Waals surface area (Å²) in [5, 5.41) is 15.0. The van der Waals surface area contributed by atoms with Crippen molar-refractivity contribution in [3.8, 4) is 6.07 Å². The average Bonchev–Trinajstić information content (AvgIpc) is 2.75. The molecule has 2 amide bonds. The monoisotopic (exact) mass is 411 g/mol. The van der Waals surface area contributed by atoms with Crippen LogP contribution in [0.5, 0.6) is 0 Å². The molecule has 2 aromatic rings. The van der Waals surface area contributed by atoms with Crippen molar-refractivity contribution in [2.45, 2.75) is 36.2 Å². The molecule has 1 unspecified atom stereocenters. The predicted octanol–water partition coefficient (Wildman–Crippen LogP) is 3.60. The fourth-order valence-corrected chi connectivity index (χ4v) is 4.95. The molecule has 8 heteroatoms. The molecular formula is C21H22FN5OS. The third-order valence-electron chi connectivity index (χ3n) is 5.36. The molecule has 4 rings (SSSR count). The maximum absolute atomic E-state index is 14.0. The largest absolute Gasteiger partial charge is 0.356 e. The molecule has 29 heavy (non-hydrogen) atoms. The summed E-state index contributed by atoms with van der Waals surface area (Å²) >= 11 is 1.51. The number of nitrogens with one attached hydrogen (secondary N) is 2. The number of benzene rings is 1. The number of hydrogen-bond acceptors (Lipinski definition) is 5. The number of rotatable bonds is 3. The summed E-state index contributed by atoms with van der Waals surface area (Å²) in [5.41, 5.74) is 1.41. The van der Waals surface area contributed by atoms with Crippen molar-refractivity contribution in [1.82, 2.24) is 15.6 Å². The maximum atomic E-state index is 14.0. The summed E-state index contributed by atoms with van der Waals surface area (Å²) in [4.78, 5) is 19.7. The fraction of sp³-hybridized carbons (Fsp3) is 0.381. The zero-order valence-electron chi connectivity index (χ0n) is 15.9. The third-order valence-corrected chi connectivity index (χ3v) is 6.52. The van der Waals surface area contributed by atoms with Crippen molar-refractivity contribution < 1.29 is 9.18 Å². The van der Waals surface area contributed by atoms with Gasteiger partial charge in [-0.15, -0.1) is 11.8 Å². The summed E-state index contributed by atoms with van der Waals surface area (Å²) in [7, 11) is 0. The standard InChI is InChI=1S/C21H22FN5OS/c22-17-3-1-2-16-18(8-11-29-20(16)17)26-21(28)25-15-6-9-27(10-7-15)19-5-4-14(12-23)13-24-19/h1-5,13,15,18H,6-11H2,(H2,25,26,28). The van der Waals surface area contributed by atoms with E-state index in [0.717, 1.165) is 49.5 Å². The van der Waals surface area contributed by atoms with E-state index in [-0.39, 0.29) is 23.9 Å². The number of carbonyl (C=O) groups is 1. The molecule has 0 saturated carbocycles. The van der Waals surface area contributed by atoms with Gasteiger partial charge in [0, 0.05) is 36.0 Å². The smallest absolute Gasteiger partial charge is 0.315 e. The van der Waals surface area contributed by atoms with Crippen LogP contribution in [0.15, 0.2) is 41.4 Å². The third kappa shape index (κ3) is 4.46. The molecule has 6 nitrogen and oxygen atoms in total. The Hall–Kier alpha value is -2.79. The second-order valence-corrected chi connectivity index (χ2v) is 8.35. The summed E-state index contributed by atoms with van der Waals surface area (Å²) in [6.07, 6.45) is 4.01. The van der Waals surface area contributed by atoms with Gasteiger partial charge in [-0.2, -0.15) is 5.26 Å². The van der Waals surface area contributed by atoms with Crippen LogP contribution in [0.4, 0.5) is 15.0 Å². The number of halogens is 1. The van der Waals surface area contributed by atoms with Gasteiger partial charge in [-0.05, 0) is 43.0 Å². The highest BCUT2D eigenvalue weighted by atomic mass is 32.2. The van der Waals surface area contributed by atoms with Crippen molar-refractivity contribution in [3.05, 3.63) is 53.5 Å². The van der Waals surface area contributed by atoms with Gasteiger partial charge < -0.3 is 15.5 Å². The van der Waals surface area contributed by atoms with Crippen LogP contribution in [0, 0.1) is 17.1 Å². The number of amides is 2. The topological polar surface area (TPSA) is 81.0 Å². The first-order valence-electron chi connectivity index (χ1n) is 9.73. The Kier molecular flexibility index (Phi) is 5.86. The van der Waals surface area contributed by atoms with E-state index in [4.69, 9.17) is 5.26 Å². The van der Waals surface area contributed by atoms with Gasteiger partial charge in [0.2, 0.25) is 0 Å². The van der Waals surface area contributed by atoms with Crippen molar-refractivity contribution in [3.63, 3.8) is 0 Å². The lowest BCUT2D eigenvalue weighted by Gasteiger charge is -2.34. The molecule has 1 aromatic heterocycles. The number of fused-ring (bicyclic) bond motifs is 1. The van der Waals surface area contributed by atoms with Crippen molar-refractivity contribution >= 4 is 23.6 Å². The van der Waals surface area contributed by atoms with Crippen LogP contribution in [-0.4, -0.2) is 35.9 Å². The first-order chi connectivity index (χ1) is 14.1. The van der Waals surface area contributed by atoms with Gasteiger partial charge in [0.25, 0.3) is 0 Å². The van der Waals surface area contributed by atoms with Crippen LogP contribution < -0.4 is 15.5 Å². The SMILES string of the molecule is N#Cc1ccc(N2CCC(NC(=O)NC3CCSc4c(F)cccc43)CC2)nc1. The quantitative estimate of drug-likeness (QED) is 0.807. The molecule has 1 saturated heterocycles. The Balaban J connectivity index is 1.29. The lowest BCUT2D eigenvalue weighted by Crippen LogP contribution is -2.49. The number of nitriles is 1. The zero-order valence-corrected chi connectivity index (χ0v) is 16.7. The minimum atomic E-state index is -0.219. The van der Waals surface area contributed by atoms with Crippen LogP contribution in [0.25, 0.3) is 0 Å². The number of thioether (sulfide) groups is 1. The van der Waals surface area contributed by atoms with E-state index in [1.54, 1.807) is 18.3 Å². The van der Waals surface area contributed by atoms with Crippen molar-refractivity contribution in [2.24, 2.45) is 0 Å². The molecule has 2 aliphatic heterocycles. The van der Waals surface area contributed by atoms with Crippen LogP contribution >= 0.6 is 11.8 Å². The minimum absolute atomic E-state index is 0.0922. The number of aromatic nitrogens is 1. The summed E-state index contributed by atoms with van der Waals surface area (Å²) < 4.78 is 14.0. The summed E-state index contributed by atoms with van der Waals surface area (Å²) in [6.45, 7) is 1.58. The number of pyridine rings is 1. The van der Waals surface area contributed by atoms with Gasteiger partial charge in [-0.3, -0.25) is 0 Å². The van der Waals surface area contributed by atoms with E-state index in [2.05, 4.69) is 26.6 Å². The van der Waals surface area contributed by atoms with E-state index >= 15 is 0 Å². The molecule has 3 heterocycles. The van der Waals surface area contributed by atoms with Gasteiger partial charge in [-0.25, -0.2) is 14.2 Å². The summed E-state index contributed by atoms with van der Waals surface area (Å²) in [6, 6.07) is 10.5. The molecule has 0 radical (unpaired) electrons. The van der Waals surface area contributed by atoms with Gasteiger partial charge in [0.05, 0.1) is 11.6 Å². The highest BCUT2D eigenvalue weighted by Gasteiger charge is 2.26. The Bertz CT molecular complexity index is 922. The van der Waals surface area contributed by atoms with Crippen LogP contribution in [0.1, 0.15) is 36.4 Å². The first kappa shape index (κ1) is 19.5. The minimum Gasteiger partial charge on any atom is -0.356 e. The molecule has 0 bridgehead atoms. The fourth-order valence-electron chi connectivity index (χ4n) is 3.81. The highest BCUT2D eigenvalue weighted by molar-refractivity contribution is 7.99. The van der Waals surface area contributed by atoms with Crippen molar-refractivity contribution in [2.75, 3.05) is 23.7 Å². The normalized spacial score (nSPS) is 19.2. The molecule has 1 atom stereocenters. The Morgan fingerprint density at radius 2 is 2.03 bits per heavy atom. The summed E-state index contributed by atoms with van der Waals surface area (Å²) in [5.74, 6) is 1.42. The zero-order chi connectivity index (χ0) is 20.2. The van der Waals surface area contributed by atoms with E-state index in [9.17, 15) is 9.18 Å². The van der Waals surface area contributed by atoms with Crippen LogP contribution in [-0.2, 0) is 0 Å². The molecule has 1 fully saturated rings. The maximum Gasteiger partial charge on any atom is 0.315 e. The van der Waals surface area contributed by atoms with Gasteiger partial charge >= 0.3 is 6.03 Å². The Morgan fingerprint density at radius 3 is 2.76 bits per heavy atom. The predicted molar refractivity (Wildman–Crippen MR) is 110 cm³/mol. The molecule has 0 spiro atoms. The van der Waals surface area contributed by atoms with Gasteiger partial charge in [-0.1, -0.05) is 12.1 Å². The second-order valence-electron chi connectivity index (χ2n) is 7.24. The number of urea groups is 1. The number of piperidine rings is 1. The number of nitrogens with zero attached hydrogens (tertiary/aromatic N) is 3. The Morgan fingerprint density at radius 1 is 1.21 bits per heavy atom. The lowest BCUT2D eigenvalue weighted by atomic mass is 10.0. The molecule has 1 aromatic carbocycles. The first-order valence-corrected chi connectivity index (χ1v) is 10.7. The van der Waals surface area contributed by atoms with Gasteiger partial charge in [0.1, 0.15) is 17.7 Å². The number of hydrogen-bond donors (Lipinski definition) is 2. The van der Waals surface area contributed by atoms with Crippen molar-refractivity contribution in [1.29, 1.82) is 5.26 Å². The van der Waals surface area contributed by atoms with Crippen LogP contribution in [0.2, 0.25) is 0 Å². The van der Waals surface area contributed by atoms with E-state index in [0.29, 0.717) is 10.5 Å². The Labute approximate surface area is 173 Å². The van der Waals surface area contributed by atoms with E-state index in [1.807, 2.05) is 12.1 Å². The van der Waals surface area contributed by atoms with E-state index < -0.39 is 0 Å². The number of carbonyl (C=O) groups excluding carboxylic acids is 1. The molecule has 0 aliphatic carbocycles. The average molecular weight is 412 g/mol. The van der Waals surface area contributed by atoms with Crippen LogP contribution in [0.3, 0.4) is 0 Å². The second kappa shape index (κ2) is 8.70. The lowest BCUT2D eigenvalue weighted by molar-refractivity contribution is 0.230. The molecular weight excluding hydrogens is 389 g/mol. The highest BCUT2D eigenvalue weighted by Crippen LogP contribution is 2.37. The molecule has 150 valence electrons. The number of anilines is 1. The molecule has 2 N–H and O–H groups in total.